The monoisotopic (exact) mass is 316 g/mol. The summed E-state index contributed by atoms with van der Waals surface area (Å²) < 4.78 is 26.2. The molecule has 1 aromatic rings. The number of hydrogen-bond donors (Lipinski definition) is 1. The Balaban J connectivity index is 2.11. The number of nitro groups is 1. The fourth-order valence-electron chi connectivity index (χ4n) is 2.64. The number of nitrogens with one attached hydrogen (secondary N) is 1. The van der Waals surface area contributed by atoms with Crippen LogP contribution in [0.25, 0.3) is 0 Å². The van der Waals surface area contributed by atoms with Crippen molar-refractivity contribution in [1.82, 2.24) is 0 Å². The maximum absolute atomic E-state index is 13.1. The minimum atomic E-state index is -2.73. The van der Waals surface area contributed by atoms with Gasteiger partial charge >= 0.3 is 0 Å². The molecule has 116 valence electrons. The molecule has 0 aliphatic heterocycles. The average molecular weight is 316 g/mol. The van der Waals surface area contributed by atoms with Crippen LogP contribution < -0.4 is 5.32 Å². The van der Waals surface area contributed by atoms with Crippen LogP contribution in [-0.4, -0.2) is 22.5 Å². The summed E-state index contributed by atoms with van der Waals surface area (Å²) in [6, 6.07) is 3.77. The Kier molecular flexibility index (Phi) is 5.39. The van der Waals surface area contributed by atoms with Crippen LogP contribution >= 0.6 is 11.8 Å². The molecule has 0 radical (unpaired) electrons. The topological polar surface area (TPSA) is 55.2 Å². The Morgan fingerprint density at radius 3 is 2.52 bits per heavy atom. The van der Waals surface area contributed by atoms with E-state index in [2.05, 4.69) is 11.6 Å². The number of nitrogens with zero attached hydrogens (tertiary/aromatic N) is 1. The van der Waals surface area contributed by atoms with Gasteiger partial charge in [0.1, 0.15) is 0 Å². The molecule has 1 N–H and O–H groups in total. The Bertz CT molecular complexity index is 506. The number of rotatable bonds is 5. The van der Waals surface area contributed by atoms with Crippen LogP contribution in [0.15, 0.2) is 18.2 Å². The molecule has 0 aromatic heterocycles. The van der Waals surface area contributed by atoms with E-state index in [1.807, 2.05) is 11.8 Å². The first kappa shape index (κ1) is 16.0. The molecule has 7 heteroatoms. The van der Waals surface area contributed by atoms with Crippen LogP contribution in [0, 0.1) is 10.1 Å². The summed E-state index contributed by atoms with van der Waals surface area (Å²) in [4.78, 5) is 10.0. The third-order valence-corrected chi connectivity index (χ3v) is 4.99. The summed E-state index contributed by atoms with van der Waals surface area (Å²) in [5.74, 6) is 0. The molecule has 1 aliphatic carbocycles. The highest BCUT2D eigenvalue weighted by Crippen LogP contribution is 2.34. The fraction of sp³-hybridized carbons (Fsp3) is 0.571. The predicted octanol–water partition coefficient (Wildman–Crippen LogP) is 4.62. The van der Waals surface area contributed by atoms with Crippen molar-refractivity contribution < 1.29 is 13.7 Å². The molecular formula is C14H18F2N2O2S. The van der Waals surface area contributed by atoms with Crippen molar-refractivity contribution in [2.45, 2.75) is 43.4 Å². The van der Waals surface area contributed by atoms with Crippen LogP contribution in [0.2, 0.25) is 0 Å². The van der Waals surface area contributed by atoms with Crippen molar-refractivity contribution in [2.75, 3.05) is 11.6 Å². The molecular weight excluding hydrogens is 298 g/mol. The standard InChI is InChI=1S/C14H18F2N2O2S/c1-21-11-5-2-9(3-6-11)17-13-7-4-10(18(19)20)8-12(13)14(15)16/h4,7-9,11,14,17H,2-3,5-6H2,1H3. The van der Waals surface area contributed by atoms with Gasteiger partial charge < -0.3 is 5.32 Å². The van der Waals surface area contributed by atoms with Crippen molar-refractivity contribution >= 4 is 23.1 Å². The molecule has 0 unspecified atom stereocenters. The van der Waals surface area contributed by atoms with Crippen molar-refractivity contribution in [3.8, 4) is 0 Å². The fourth-order valence-corrected chi connectivity index (χ4v) is 3.38. The number of hydrogen-bond acceptors (Lipinski definition) is 4. The molecule has 4 nitrogen and oxygen atoms in total. The second kappa shape index (κ2) is 7.06. The van der Waals surface area contributed by atoms with Gasteiger partial charge in [-0.25, -0.2) is 8.78 Å². The summed E-state index contributed by atoms with van der Waals surface area (Å²) in [6.45, 7) is 0. The molecule has 0 amide bonds. The van der Waals surface area contributed by atoms with Gasteiger partial charge in [-0.15, -0.1) is 0 Å². The summed E-state index contributed by atoms with van der Waals surface area (Å²) >= 11 is 1.84. The lowest BCUT2D eigenvalue weighted by Crippen LogP contribution is -2.27. The minimum absolute atomic E-state index is 0.160. The van der Waals surface area contributed by atoms with Crippen LogP contribution in [0.1, 0.15) is 37.7 Å². The van der Waals surface area contributed by atoms with Gasteiger partial charge in [0.2, 0.25) is 0 Å². The van der Waals surface area contributed by atoms with Gasteiger partial charge in [-0.3, -0.25) is 10.1 Å². The van der Waals surface area contributed by atoms with E-state index in [4.69, 9.17) is 0 Å². The maximum Gasteiger partial charge on any atom is 0.270 e. The van der Waals surface area contributed by atoms with Crippen molar-refractivity contribution in [3.63, 3.8) is 0 Å². The second-order valence-corrected chi connectivity index (χ2v) is 6.32. The van der Waals surface area contributed by atoms with Crippen molar-refractivity contribution in [1.29, 1.82) is 0 Å². The van der Waals surface area contributed by atoms with Gasteiger partial charge in [-0.1, -0.05) is 0 Å². The largest absolute Gasteiger partial charge is 0.382 e. The number of non-ortho nitro benzene ring substituents is 1. The van der Waals surface area contributed by atoms with E-state index in [1.165, 1.54) is 12.1 Å². The van der Waals surface area contributed by atoms with E-state index < -0.39 is 11.3 Å². The number of alkyl halides is 2. The molecule has 0 spiro atoms. The van der Waals surface area contributed by atoms with Crippen LogP contribution in [0.5, 0.6) is 0 Å². The number of benzene rings is 1. The minimum Gasteiger partial charge on any atom is -0.382 e. The highest BCUT2D eigenvalue weighted by atomic mass is 32.2. The highest BCUT2D eigenvalue weighted by Gasteiger charge is 2.23. The number of nitro benzene ring substituents is 1. The first-order valence-corrected chi connectivity index (χ1v) is 8.16. The maximum atomic E-state index is 13.1. The smallest absolute Gasteiger partial charge is 0.270 e. The first-order valence-electron chi connectivity index (χ1n) is 6.87. The molecule has 0 bridgehead atoms. The van der Waals surface area contributed by atoms with Gasteiger partial charge in [-0.05, 0) is 38.0 Å². The Hall–Kier alpha value is -1.37. The molecule has 0 heterocycles. The van der Waals surface area contributed by atoms with Crippen LogP contribution in [0.4, 0.5) is 20.2 Å². The van der Waals surface area contributed by atoms with Crippen molar-refractivity contribution in [2.24, 2.45) is 0 Å². The lowest BCUT2D eigenvalue weighted by molar-refractivity contribution is -0.385. The molecule has 0 atom stereocenters. The van der Waals surface area contributed by atoms with Gasteiger partial charge in [0.05, 0.1) is 4.92 Å². The lowest BCUT2D eigenvalue weighted by atomic mass is 9.94. The van der Waals surface area contributed by atoms with E-state index >= 15 is 0 Å². The van der Waals surface area contributed by atoms with Crippen molar-refractivity contribution in [3.05, 3.63) is 33.9 Å². The van der Waals surface area contributed by atoms with Gasteiger partial charge in [0, 0.05) is 34.7 Å². The average Bonchev–Trinajstić information content (AvgIpc) is 2.48. The summed E-state index contributed by atoms with van der Waals surface area (Å²) in [5.41, 5.74) is -0.290. The second-order valence-electron chi connectivity index (χ2n) is 5.18. The summed E-state index contributed by atoms with van der Waals surface area (Å²) in [7, 11) is 0. The molecule has 1 aliphatic rings. The molecule has 1 aromatic carbocycles. The van der Waals surface area contributed by atoms with E-state index in [1.54, 1.807) is 0 Å². The van der Waals surface area contributed by atoms with Crippen LogP contribution in [0.3, 0.4) is 0 Å². The Labute approximate surface area is 126 Å². The highest BCUT2D eigenvalue weighted by molar-refractivity contribution is 7.99. The zero-order valence-corrected chi connectivity index (χ0v) is 12.5. The van der Waals surface area contributed by atoms with Gasteiger partial charge in [0.15, 0.2) is 0 Å². The Morgan fingerprint density at radius 2 is 2.00 bits per heavy atom. The van der Waals surface area contributed by atoms with Crippen LogP contribution in [-0.2, 0) is 0 Å². The molecule has 21 heavy (non-hydrogen) atoms. The van der Waals surface area contributed by atoms with E-state index in [0.29, 0.717) is 10.9 Å². The summed E-state index contributed by atoms with van der Waals surface area (Å²) in [5, 5.41) is 14.5. The summed E-state index contributed by atoms with van der Waals surface area (Å²) in [6.07, 6.45) is 3.36. The lowest BCUT2D eigenvalue weighted by Gasteiger charge is -2.29. The Morgan fingerprint density at radius 1 is 1.33 bits per heavy atom. The third-order valence-electron chi connectivity index (χ3n) is 3.85. The predicted molar refractivity (Wildman–Crippen MR) is 81.2 cm³/mol. The zero-order valence-electron chi connectivity index (χ0n) is 11.7. The normalized spacial score (nSPS) is 22.3. The van der Waals surface area contributed by atoms with E-state index in [9.17, 15) is 18.9 Å². The van der Waals surface area contributed by atoms with E-state index in [0.717, 1.165) is 31.7 Å². The number of halogens is 2. The molecule has 1 saturated carbocycles. The first-order chi connectivity index (χ1) is 10.0. The van der Waals surface area contributed by atoms with Gasteiger partial charge in [-0.2, -0.15) is 11.8 Å². The number of anilines is 1. The molecule has 2 rings (SSSR count). The molecule has 1 fully saturated rings. The number of thioether (sulfide) groups is 1. The van der Waals surface area contributed by atoms with E-state index in [-0.39, 0.29) is 17.3 Å². The third kappa shape index (κ3) is 4.06. The molecule has 0 saturated heterocycles. The van der Waals surface area contributed by atoms with Gasteiger partial charge in [0.25, 0.3) is 12.1 Å². The quantitative estimate of drug-likeness (QED) is 0.636. The SMILES string of the molecule is CSC1CCC(Nc2ccc([N+](=O)[O-])cc2C(F)F)CC1. The zero-order chi connectivity index (χ0) is 15.4.